The number of likely N-dealkylation sites (tertiary alicyclic amines) is 1. The molecule has 2 heterocycles. The molecule has 5 unspecified atom stereocenters. The number of carbonyl (C=O) groups excluding carboxylic acids is 4. The van der Waals surface area contributed by atoms with E-state index in [0.29, 0.717) is 16.0 Å². The predicted octanol–water partition coefficient (Wildman–Crippen LogP) is 3.78. The summed E-state index contributed by atoms with van der Waals surface area (Å²) in [6, 6.07) is 9.46. The molecule has 2 aromatic carbocycles. The fourth-order valence-corrected chi connectivity index (χ4v) is 6.71. The number of benzene rings is 2. The third-order valence-corrected chi connectivity index (χ3v) is 9.30. The smallest absolute Gasteiger partial charge is 0.408 e. The SMILES string of the molecule is C=C(C)C(C(=O)OCc1ccc([N+](=O)[O-])cc1)N1C(=O)C(NC(=O)C(NC(=O)OCc2ccc([N+](=O)[O-])cc2)c2cccs2)C1[S+]([O-])Cl. The lowest BCUT2D eigenvalue weighted by Gasteiger charge is -2.47. The van der Waals surface area contributed by atoms with Crippen LogP contribution in [0.4, 0.5) is 16.2 Å². The molecule has 0 radical (unpaired) electrons. The third kappa shape index (κ3) is 8.45. The number of ether oxygens (including phenoxy) is 2. The lowest BCUT2D eigenvalue weighted by atomic mass is 9.99. The Bertz CT molecular complexity index is 1700. The highest BCUT2D eigenvalue weighted by Gasteiger charge is 2.60. The molecule has 4 rings (SSSR count). The number of thiophene rings is 1. The van der Waals surface area contributed by atoms with E-state index >= 15 is 0 Å². The number of halogens is 1. The van der Waals surface area contributed by atoms with Crippen LogP contribution < -0.4 is 10.6 Å². The number of hydrogen-bond acceptors (Lipinski definition) is 12. The molecule has 1 aliphatic rings. The first-order chi connectivity index (χ1) is 22.8. The van der Waals surface area contributed by atoms with Gasteiger partial charge in [-0.2, -0.15) is 0 Å². The summed E-state index contributed by atoms with van der Waals surface area (Å²) in [6.45, 7) is 4.60. The van der Waals surface area contributed by atoms with Crippen LogP contribution in [0, 0.1) is 20.2 Å². The first kappa shape index (κ1) is 35.8. The van der Waals surface area contributed by atoms with Crippen molar-refractivity contribution >= 4 is 67.7 Å². The van der Waals surface area contributed by atoms with Gasteiger partial charge in [-0.05, 0) is 59.3 Å². The van der Waals surface area contributed by atoms with E-state index in [2.05, 4.69) is 17.2 Å². The van der Waals surface area contributed by atoms with Crippen molar-refractivity contribution in [1.82, 2.24) is 15.5 Å². The molecule has 16 nitrogen and oxygen atoms in total. The number of nitrogens with zero attached hydrogens (tertiary/aromatic N) is 3. The zero-order valence-corrected chi connectivity index (χ0v) is 27.2. The molecule has 19 heteroatoms. The maximum atomic E-state index is 13.4. The number of nitro groups is 2. The van der Waals surface area contributed by atoms with Crippen molar-refractivity contribution in [2.45, 2.75) is 43.6 Å². The molecular formula is C29H26ClN5O11S2. The first-order valence-corrected chi connectivity index (χ1v) is 16.6. The lowest BCUT2D eigenvalue weighted by Crippen LogP contribution is -2.76. The van der Waals surface area contributed by atoms with Crippen LogP contribution in [0.5, 0.6) is 0 Å². The molecule has 5 atom stereocenters. The molecule has 0 aliphatic carbocycles. The summed E-state index contributed by atoms with van der Waals surface area (Å²) in [6.07, 6.45) is -1.01. The second kappa shape index (κ2) is 15.7. The molecule has 0 spiro atoms. The van der Waals surface area contributed by atoms with Gasteiger partial charge in [0.25, 0.3) is 17.3 Å². The number of nitrogens with one attached hydrogen (secondary N) is 2. The zero-order valence-electron chi connectivity index (χ0n) is 24.8. The van der Waals surface area contributed by atoms with Gasteiger partial charge in [0.05, 0.1) is 20.2 Å². The van der Waals surface area contributed by atoms with Gasteiger partial charge in [0.1, 0.15) is 19.3 Å². The van der Waals surface area contributed by atoms with Gasteiger partial charge < -0.3 is 24.7 Å². The van der Waals surface area contributed by atoms with Gasteiger partial charge in [-0.1, -0.05) is 12.6 Å². The Balaban J connectivity index is 1.42. The van der Waals surface area contributed by atoms with Crippen LogP contribution in [0.15, 0.2) is 78.2 Å². The van der Waals surface area contributed by atoms with Crippen LogP contribution in [0.1, 0.15) is 29.0 Å². The van der Waals surface area contributed by atoms with E-state index in [1.54, 1.807) is 17.5 Å². The summed E-state index contributed by atoms with van der Waals surface area (Å²) >= 11 is 1.12. The molecule has 0 saturated carbocycles. The minimum atomic E-state index is -2.31. The van der Waals surface area contributed by atoms with E-state index in [1.165, 1.54) is 55.5 Å². The van der Waals surface area contributed by atoms with Gasteiger partial charge in [-0.15, -0.1) is 11.3 Å². The predicted molar refractivity (Wildman–Crippen MR) is 172 cm³/mol. The van der Waals surface area contributed by atoms with Crippen LogP contribution in [-0.4, -0.2) is 60.6 Å². The van der Waals surface area contributed by atoms with Gasteiger partial charge in [0, 0.05) is 29.1 Å². The van der Waals surface area contributed by atoms with Crippen LogP contribution in [0.3, 0.4) is 0 Å². The molecular weight excluding hydrogens is 694 g/mol. The molecule has 252 valence electrons. The number of esters is 1. The van der Waals surface area contributed by atoms with E-state index in [9.17, 15) is 44.0 Å². The van der Waals surface area contributed by atoms with Crippen molar-refractivity contribution in [2.24, 2.45) is 0 Å². The van der Waals surface area contributed by atoms with Crippen LogP contribution in [0.2, 0.25) is 0 Å². The van der Waals surface area contributed by atoms with E-state index in [4.69, 9.17) is 20.2 Å². The van der Waals surface area contributed by atoms with Gasteiger partial charge in [0.2, 0.25) is 11.3 Å². The first-order valence-electron chi connectivity index (χ1n) is 13.7. The molecule has 3 aromatic rings. The third-order valence-electron chi connectivity index (χ3n) is 6.93. The van der Waals surface area contributed by atoms with Gasteiger partial charge in [0.15, 0.2) is 22.8 Å². The molecule has 0 bridgehead atoms. The highest BCUT2D eigenvalue weighted by Crippen LogP contribution is 2.33. The van der Waals surface area contributed by atoms with E-state index in [0.717, 1.165) is 16.2 Å². The highest BCUT2D eigenvalue weighted by atomic mass is 35.7. The van der Waals surface area contributed by atoms with Crippen LogP contribution in [0.25, 0.3) is 0 Å². The minimum absolute atomic E-state index is 0.142. The fraction of sp³-hybridized carbons (Fsp3) is 0.241. The summed E-state index contributed by atoms with van der Waals surface area (Å²) in [5, 5.41) is 26.8. The Labute approximate surface area is 283 Å². The number of hydrogen-bond donors (Lipinski definition) is 2. The van der Waals surface area contributed by atoms with Gasteiger partial charge in [-0.25, -0.2) is 9.59 Å². The Morgan fingerprint density at radius 2 is 1.54 bits per heavy atom. The summed E-state index contributed by atoms with van der Waals surface area (Å²) in [5.74, 6) is -2.64. The normalized spacial score (nSPS) is 17.2. The standard InChI is InChI=1S/C29H26ClN5O11S2/c1-16(2)24(28(38)45-14-17-5-9-19(10-6-17)34(40)41)33-26(37)23(27(33)48(30)44)31-25(36)22(21-4-3-13-47-21)32-29(39)46-15-18-7-11-20(12-8-18)35(42)43/h3-13,22-24,27H,1,14-15H2,2H3,(H,31,36)(H,32,39). The minimum Gasteiger partial charge on any atom is -0.597 e. The van der Waals surface area contributed by atoms with Crippen molar-refractivity contribution < 1.29 is 43.1 Å². The number of alkyl carbamates (subject to hydrolysis) is 1. The maximum Gasteiger partial charge on any atom is 0.408 e. The summed E-state index contributed by atoms with van der Waals surface area (Å²) in [5.41, 5.74) is 0.700. The van der Waals surface area contributed by atoms with Crippen molar-refractivity contribution in [1.29, 1.82) is 0 Å². The quantitative estimate of drug-likeness (QED) is 0.0609. The van der Waals surface area contributed by atoms with E-state index in [-0.39, 0.29) is 30.2 Å². The number of rotatable bonds is 14. The van der Waals surface area contributed by atoms with Crippen molar-refractivity contribution in [2.75, 3.05) is 0 Å². The second-order valence-corrected chi connectivity index (χ2v) is 13.1. The summed E-state index contributed by atoms with van der Waals surface area (Å²) < 4.78 is 23.1. The van der Waals surface area contributed by atoms with Crippen LogP contribution >= 0.6 is 22.0 Å². The van der Waals surface area contributed by atoms with Gasteiger partial charge >= 0.3 is 12.1 Å². The molecule has 2 N–H and O–H groups in total. The molecule has 3 amide bonds. The number of nitro benzene ring substituents is 2. The van der Waals surface area contributed by atoms with Crippen molar-refractivity contribution in [3.05, 3.63) is 114 Å². The lowest BCUT2D eigenvalue weighted by molar-refractivity contribution is -0.385. The largest absolute Gasteiger partial charge is 0.597 e. The molecule has 1 saturated heterocycles. The number of carbonyl (C=O) groups is 4. The monoisotopic (exact) mass is 719 g/mol. The van der Waals surface area contributed by atoms with Crippen LogP contribution in [-0.2, 0) is 47.5 Å². The average molecular weight is 720 g/mol. The Kier molecular flexibility index (Phi) is 11.7. The van der Waals surface area contributed by atoms with E-state index in [1.807, 2.05) is 0 Å². The fourth-order valence-electron chi connectivity index (χ4n) is 4.57. The Morgan fingerprint density at radius 3 is 2.00 bits per heavy atom. The number of amides is 3. The zero-order chi connectivity index (χ0) is 35.1. The number of β-lactam (4-membered cyclic amide) rings is 1. The number of non-ortho nitro benzene ring substituents is 2. The molecule has 1 aliphatic heterocycles. The highest BCUT2D eigenvalue weighted by molar-refractivity contribution is 8.14. The maximum absolute atomic E-state index is 13.4. The average Bonchev–Trinajstić information content (AvgIpc) is 3.59. The molecule has 1 aromatic heterocycles. The topological polar surface area (TPSA) is 223 Å². The summed E-state index contributed by atoms with van der Waals surface area (Å²) in [4.78, 5) is 74.4. The van der Waals surface area contributed by atoms with Crippen molar-refractivity contribution in [3.63, 3.8) is 0 Å². The molecule has 1 fully saturated rings. The van der Waals surface area contributed by atoms with Crippen molar-refractivity contribution in [3.8, 4) is 0 Å². The second-order valence-electron chi connectivity index (χ2n) is 10.2. The molecule has 48 heavy (non-hydrogen) atoms. The Morgan fingerprint density at radius 1 is 1.00 bits per heavy atom. The Hall–Kier alpha value is -5.04. The summed E-state index contributed by atoms with van der Waals surface area (Å²) in [7, 11) is 3.63. The van der Waals surface area contributed by atoms with E-state index < -0.39 is 67.6 Å². The van der Waals surface area contributed by atoms with Gasteiger partial charge in [-0.3, -0.25) is 34.7 Å².